The second-order valence-electron chi connectivity index (χ2n) is 19.1. The van der Waals surface area contributed by atoms with Crippen LogP contribution in [0.3, 0.4) is 0 Å². The monoisotopic (exact) mass is 968 g/mol. The zero-order chi connectivity index (χ0) is 47.1. The molecular weight excluding hydrogens is 929 g/mol. The van der Waals surface area contributed by atoms with E-state index in [0.29, 0.717) is 0 Å². The van der Waals surface area contributed by atoms with Crippen molar-refractivity contribution in [2.75, 3.05) is 0 Å². The first-order valence-electron chi connectivity index (χ1n) is 24.6. The molecule has 72 heavy (non-hydrogen) atoms. The lowest BCUT2D eigenvalue weighted by molar-refractivity contribution is 0.669. The molecule has 0 radical (unpaired) electrons. The number of furan rings is 1. The maximum absolute atomic E-state index is 6.64. The van der Waals surface area contributed by atoms with Crippen LogP contribution < -0.4 is 20.7 Å². The summed E-state index contributed by atoms with van der Waals surface area (Å²) in [6.45, 7) is 0. The number of rotatable bonds is 5. The van der Waals surface area contributed by atoms with Crippen LogP contribution in [0.25, 0.3) is 108 Å². The number of thiophene rings is 1. The molecule has 0 fully saturated rings. The Morgan fingerprint density at radius 3 is 1.57 bits per heavy atom. The minimum atomic E-state index is -3.11. The first-order chi connectivity index (χ1) is 35.7. The van der Waals surface area contributed by atoms with E-state index in [4.69, 9.17) is 4.42 Å². The van der Waals surface area contributed by atoms with Crippen molar-refractivity contribution in [3.05, 3.63) is 243 Å². The van der Waals surface area contributed by atoms with E-state index >= 15 is 0 Å². The molecule has 1 atom stereocenters. The van der Waals surface area contributed by atoms with Gasteiger partial charge < -0.3 is 13.6 Å². The summed E-state index contributed by atoms with van der Waals surface area (Å²) in [4.78, 5) is 2.64. The molecule has 6 heteroatoms. The molecule has 0 saturated carbocycles. The number of hydrogen-bond donors (Lipinski definition) is 0. The van der Waals surface area contributed by atoms with Gasteiger partial charge >= 0.3 is 0 Å². The van der Waals surface area contributed by atoms with Crippen molar-refractivity contribution in [3.63, 3.8) is 0 Å². The van der Waals surface area contributed by atoms with Crippen LogP contribution in [0.4, 0.5) is 0 Å². The third kappa shape index (κ3) is 5.57. The molecule has 336 valence electrons. The van der Waals surface area contributed by atoms with Crippen LogP contribution in [0.15, 0.2) is 257 Å². The van der Waals surface area contributed by atoms with Gasteiger partial charge in [-0.2, -0.15) is 0 Å². The molecule has 0 bridgehead atoms. The van der Waals surface area contributed by atoms with Gasteiger partial charge in [-0.15, -0.1) is 11.3 Å². The number of aromatic nitrogens is 2. The fourth-order valence-electron chi connectivity index (χ4n) is 12.5. The first kappa shape index (κ1) is 40.3. The number of nitrogens with zero attached hydrogens (tertiary/aromatic N) is 2. The van der Waals surface area contributed by atoms with Gasteiger partial charge in [-0.1, -0.05) is 169 Å². The van der Waals surface area contributed by atoms with E-state index in [1.54, 1.807) is 0 Å². The predicted molar refractivity (Wildman–Crippen MR) is 308 cm³/mol. The molecule has 4 aromatic heterocycles. The van der Waals surface area contributed by atoms with Gasteiger partial charge in [-0.25, -0.2) is 0 Å². The predicted octanol–water partition coefficient (Wildman–Crippen LogP) is 15.7. The first-order valence-corrected chi connectivity index (χ1v) is 28.2. The summed E-state index contributed by atoms with van der Waals surface area (Å²) in [6, 6.07) is 90.8. The van der Waals surface area contributed by atoms with E-state index in [1.807, 2.05) is 23.1 Å². The van der Waals surface area contributed by atoms with Crippen molar-refractivity contribution in [3.8, 4) is 22.5 Å². The molecule has 0 aliphatic carbocycles. The summed E-state index contributed by atoms with van der Waals surface area (Å²) >= 11 is 3.84. The number of fused-ring (bicyclic) bond motifs is 14. The van der Waals surface area contributed by atoms with E-state index in [2.05, 4.69) is 252 Å². The Hall–Kier alpha value is -8.39. The molecule has 0 spiro atoms. The van der Waals surface area contributed by atoms with E-state index in [0.717, 1.165) is 33.3 Å². The fraction of sp³-hybridized carbons (Fsp3) is 0. The van der Waals surface area contributed by atoms with E-state index in [9.17, 15) is 0 Å². The highest BCUT2D eigenvalue weighted by molar-refractivity contribution is 8.00. The van der Waals surface area contributed by atoms with Gasteiger partial charge in [-0.3, -0.25) is 0 Å². The van der Waals surface area contributed by atoms with Crippen LogP contribution in [0.1, 0.15) is 0 Å². The van der Waals surface area contributed by atoms with E-state index in [1.165, 1.54) is 105 Å². The molecule has 11 aromatic carbocycles. The highest BCUT2D eigenvalue weighted by Gasteiger charge is 2.48. The Labute approximate surface area is 423 Å². The van der Waals surface area contributed by atoms with Crippen molar-refractivity contribution in [2.45, 2.75) is 9.79 Å². The SMILES string of the molecule is c1ccc2c(c1)Sc1c(-c3ccc4oc5ccc(-n6c7ccccc7c7ccccc76)cc5c4c3)cccc1[Si]2(c1ccc(-n2c3ccccc3c3ccccc32)cc1)c1cccc2sc3ccccc3c12. The quantitative estimate of drug-likeness (QED) is 0.160. The lowest BCUT2D eigenvalue weighted by Gasteiger charge is -2.41. The molecule has 0 N–H and O–H groups in total. The Kier molecular flexibility index (Phi) is 8.58. The smallest absolute Gasteiger partial charge is 0.182 e. The van der Waals surface area contributed by atoms with Crippen molar-refractivity contribution in [1.82, 2.24) is 9.13 Å². The zero-order valence-electron chi connectivity index (χ0n) is 38.7. The third-order valence-corrected chi connectivity index (χ3v) is 23.1. The standard InChI is InChI=1S/C66H40N2OS2Si/c1-6-21-53-46(15-1)47-16-2-7-22-54(47)67(53)42-32-35-44(36-33-42)72(63-29-14-27-61-65(63)50-19-5-10-25-59(50)70-61)62-28-12-11-26-60(62)71-66-45(20-13-30-64(66)72)41-31-37-57-51(39-41)52-40-43(34-38-58(52)69-57)68-55-23-8-3-17-48(55)49-18-4-9-24-56(49)68/h1-40H. The maximum atomic E-state index is 6.64. The summed E-state index contributed by atoms with van der Waals surface area (Å²) < 4.78 is 14.1. The zero-order valence-corrected chi connectivity index (χ0v) is 41.3. The molecule has 0 saturated heterocycles. The van der Waals surface area contributed by atoms with Gasteiger partial charge in [0.15, 0.2) is 8.07 Å². The Bertz CT molecular complexity index is 4640. The lowest BCUT2D eigenvalue weighted by Crippen LogP contribution is -2.76. The van der Waals surface area contributed by atoms with Crippen molar-refractivity contribution in [2.24, 2.45) is 0 Å². The summed E-state index contributed by atoms with van der Waals surface area (Å²) in [5.74, 6) is 0. The van der Waals surface area contributed by atoms with Crippen LogP contribution >= 0.6 is 23.1 Å². The summed E-state index contributed by atoms with van der Waals surface area (Å²) in [6.07, 6.45) is 0. The number of hydrogen-bond acceptors (Lipinski definition) is 3. The minimum absolute atomic E-state index is 0.886. The van der Waals surface area contributed by atoms with Gasteiger partial charge in [0.1, 0.15) is 11.2 Å². The Morgan fingerprint density at radius 2 is 0.875 bits per heavy atom. The molecule has 1 aliphatic rings. The van der Waals surface area contributed by atoms with Gasteiger partial charge in [0.25, 0.3) is 0 Å². The van der Waals surface area contributed by atoms with Crippen LogP contribution in [-0.4, -0.2) is 17.2 Å². The van der Waals surface area contributed by atoms with Crippen molar-refractivity contribution < 1.29 is 4.42 Å². The minimum Gasteiger partial charge on any atom is -0.456 e. The van der Waals surface area contributed by atoms with Gasteiger partial charge in [0, 0.05) is 73.7 Å². The van der Waals surface area contributed by atoms with Gasteiger partial charge in [-0.05, 0) is 117 Å². The van der Waals surface area contributed by atoms with Crippen molar-refractivity contribution >= 4 is 138 Å². The maximum Gasteiger partial charge on any atom is 0.182 e. The molecule has 16 rings (SSSR count). The largest absolute Gasteiger partial charge is 0.456 e. The summed E-state index contributed by atoms with van der Waals surface area (Å²) in [5, 5.41) is 15.6. The molecular formula is C66H40N2OS2Si. The Morgan fingerprint density at radius 1 is 0.361 bits per heavy atom. The van der Waals surface area contributed by atoms with Crippen LogP contribution in [0.2, 0.25) is 0 Å². The van der Waals surface area contributed by atoms with Crippen LogP contribution in [0.5, 0.6) is 0 Å². The Balaban J connectivity index is 0.941. The molecule has 0 amide bonds. The lowest BCUT2D eigenvalue weighted by atomic mass is 10.0. The molecule has 5 heterocycles. The summed E-state index contributed by atoms with van der Waals surface area (Å²) in [5.41, 5.74) is 11.3. The van der Waals surface area contributed by atoms with Gasteiger partial charge in [0.05, 0.1) is 22.1 Å². The number of para-hydroxylation sites is 4. The third-order valence-electron chi connectivity index (χ3n) is 15.5. The second kappa shape index (κ2) is 15.3. The highest BCUT2D eigenvalue weighted by atomic mass is 32.2. The fourth-order valence-corrected chi connectivity index (χ4v) is 21.0. The van der Waals surface area contributed by atoms with Crippen LogP contribution in [-0.2, 0) is 0 Å². The molecule has 1 unspecified atom stereocenters. The summed E-state index contributed by atoms with van der Waals surface area (Å²) in [7, 11) is -3.11. The molecule has 3 nitrogen and oxygen atoms in total. The molecule has 15 aromatic rings. The van der Waals surface area contributed by atoms with E-state index < -0.39 is 8.07 Å². The second-order valence-corrected chi connectivity index (χ2v) is 24.9. The number of benzene rings is 11. The van der Waals surface area contributed by atoms with E-state index in [-0.39, 0.29) is 0 Å². The average Bonchev–Trinajstić information content (AvgIpc) is 4.20. The normalized spacial score (nSPS) is 14.7. The molecule has 1 aliphatic heterocycles. The average molecular weight is 969 g/mol. The van der Waals surface area contributed by atoms with Crippen molar-refractivity contribution in [1.29, 1.82) is 0 Å². The van der Waals surface area contributed by atoms with Crippen LogP contribution in [0, 0.1) is 0 Å². The topological polar surface area (TPSA) is 23.0 Å². The van der Waals surface area contributed by atoms with Gasteiger partial charge in [0.2, 0.25) is 0 Å². The highest BCUT2D eigenvalue weighted by Crippen LogP contribution is 2.44.